The van der Waals surface area contributed by atoms with E-state index >= 15 is 0 Å². The Morgan fingerprint density at radius 1 is 1.60 bits per heavy atom. The second-order valence-electron chi connectivity index (χ2n) is 1.82. The van der Waals surface area contributed by atoms with Gasteiger partial charge in [0, 0.05) is 7.11 Å². The van der Waals surface area contributed by atoms with Crippen LogP contribution in [0.25, 0.3) is 0 Å². The fourth-order valence-electron chi connectivity index (χ4n) is 0.503. The molecule has 0 aliphatic carbocycles. The molecule has 0 rings (SSSR count). The molecule has 0 unspecified atom stereocenters. The van der Waals surface area contributed by atoms with Crippen molar-refractivity contribution in [1.82, 2.24) is 0 Å². The monoisotopic (exact) mass is 142 g/mol. The standard InChI is InChI=1S/C8H14O2/c1-4-8(5-2)6-10-7-9-3/h4-5H,1,6-7H2,2-3H3/b8-5+. The van der Waals surface area contributed by atoms with Crippen molar-refractivity contribution in [2.45, 2.75) is 6.92 Å². The lowest BCUT2D eigenvalue weighted by Gasteiger charge is -2.01. The van der Waals surface area contributed by atoms with E-state index in [1.807, 2.05) is 13.0 Å². The van der Waals surface area contributed by atoms with Crippen LogP contribution in [-0.2, 0) is 9.47 Å². The number of allylic oxidation sites excluding steroid dienone is 1. The first-order chi connectivity index (χ1) is 4.85. The van der Waals surface area contributed by atoms with Gasteiger partial charge in [-0.1, -0.05) is 18.7 Å². The summed E-state index contributed by atoms with van der Waals surface area (Å²) in [6.45, 7) is 6.49. The van der Waals surface area contributed by atoms with Crippen LogP contribution in [0.2, 0.25) is 0 Å². The van der Waals surface area contributed by atoms with E-state index in [0.717, 1.165) is 5.57 Å². The van der Waals surface area contributed by atoms with E-state index in [2.05, 4.69) is 6.58 Å². The highest BCUT2D eigenvalue weighted by Crippen LogP contribution is 1.95. The second-order valence-corrected chi connectivity index (χ2v) is 1.82. The summed E-state index contributed by atoms with van der Waals surface area (Å²) < 4.78 is 9.76. The molecule has 0 heterocycles. The number of hydrogen-bond acceptors (Lipinski definition) is 2. The molecule has 0 N–H and O–H groups in total. The van der Waals surface area contributed by atoms with Crippen LogP contribution in [0.5, 0.6) is 0 Å². The molecule has 10 heavy (non-hydrogen) atoms. The zero-order valence-electron chi connectivity index (χ0n) is 6.59. The van der Waals surface area contributed by atoms with E-state index in [9.17, 15) is 0 Å². The van der Waals surface area contributed by atoms with Crippen molar-refractivity contribution in [3.63, 3.8) is 0 Å². The van der Waals surface area contributed by atoms with Gasteiger partial charge >= 0.3 is 0 Å². The van der Waals surface area contributed by atoms with Gasteiger partial charge in [-0.3, -0.25) is 0 Å². The maximum Gasteiger partial charge on any atom is 0.146 e. The number of methoxy groups -OCH3 is 1. The SMILES string of the molecule is C=C/C(=C\C)COCOC. The highest BCUT2D eigenvalue weighted by Gasteiger charge is 1.88. The number of ether oxygens (including phenoxy) is 2. The quantitative estimate of drug-likeness (QED) is 0.330. The van der Waals surface area contributed by atoms with Crippen molar-refractivity contribution in [2.24, 2.45) is 0 Å². The summed E-state index contributed by atoms with van der Waals surface area (Å²) in [6, 6.07) is 0. The van der Waals surface area contributed by atoms with Crippen molar-refractivity contribution in [2.75, 3.05) is 20.5 Å². The molecule has 58 valence electrons. The van der Waals surface area contributed by atoms with Crippen LogP contribution in [-0.4, -0.2) is 20.5 Å². The van der Waals surface area contributed by atoms with Crippen LogP contribution >= 0.6 is 0 Å². The molecular weight excluding hydrogens is 128 g/mol. The first-order valence-corrected chi connectivity index (χ1v) is 3.19. The summed E-state index contributed by atoms with van der Waals surface area (Å²) in [6.07, 6.45) is 3.73. The molecule has 0 aromatic rings. The predicted octanol–water partition coefficient (Wildman–Crippen LogP) is 1.74. The zero-order chi connectivity index (χ0) is 7.82. The van der Waals surface area contributed by atoms with E-state index in [0.29, 0.717) is 13.4 Å². The molecule has 0 aromatic heterocycles. The lowest BCUT2D eigenvalue weighted by Crippen LogP contribution is -1.99. The third-order valence-electron chi connectivity index (χ3n) is 1.10. The second kappa shape index (κ2) is 6.52. The number of rotatable bonds is 5. The van der Waals surface area contributed by atoms with Gasteiger partial charge in [-0.2, -0.15) is 0 Å². The molecule has 2 nitrogen and oxygen atoms in total. The summed E-state index contributed by atoms with van der Waals surface area (Å²) >= 11 is 0. The smallest absolute Gasteiger partial charge is 0.146 e. The minimum Gasteiger partial charge on any atom is -0.359 e. The molecular formula is C8H14O2. The third kappa shape index (κ3) is 4.30. The molecule has 0 radical (unpaired) electrons. The molecule has 0 amide bonds. The first kappa shape index (κ1) is 9.40. The van der Waals surface area contributed by atoms with Crippen molar-refractivity contribution >= 4 is 0 Å². The van der Waals surface area contributed by atoms with Crippen molar-refractivity contribution in [1.29, 1.82) is 0 Å². The maximum atomic E-state index is 5.06. The molecule has 0 saturated carbocycles. The summed E-state index contributed by atoms with van der Waals surface area (Å²) in [4.78, 5) is 0. The Balaban J connectivity index is 3.36. The molecule has 2 heteroatoms. The Bertz CT molecular complexity index is 116. The van der Waals surface area contributed by atoms with Gasteiger partial charge in [0.1, 0.15) is 6.79 Å². The lowest BCUT2D eigenvalue weighted by molar-refractivity contribution is -0.0204. The predicted molar refractivity (Wildman–Crippen MR) is 41.8 cm³/mol. The maximum absolute atomic E-state index is 5.06. The van der Waals surface area contributed by atoms with Crippen LogP contribution in [0.4, 0.5) is 0 Å². The summed E-state index contributed by atoms with van der Waals surface area (Å²) in [5, 5.41) is 0. The summed E-state index contributed by atoms with van der Waals surface area (Å²) in [7, 11) is 1.60. The van der Waals surface area contributed by atoms with Gasteiger partial charge in [0.2, 0.25) is 0 Å². The highest BCUT2D eigenvalue weighted by atomic mass is 16.7. The Morgan fingerprint density at radius 3 is 2.70 bits per heavy atom. The summed E-state index contributed by atoms with van der Waals surface area (Å²) in [5.41, 5.74) is 1.08. The van der Waals surface area contributed by atoms with Gasteiger partial charge in [-0.05, 0) is 12.5 Å². The lowest BCUT2D eigenvalue weighted by atomic mass is 10.3. The molecule has 0 aliphatic heterocycles. The van der Waals surface area contributed by atoms with Gasteiger partial charge in [0.15, 0.2) is 0 Å². The van der Waals surface area contributed by atoms with Crippen molar-refractivity contribution < 1.29 is 9.47 Å². The normalized spacial score (nSPS) is 11.6. The van der Waals surface area contributed by atoms with Gasteiger partial charge in [-0.25, -0.2) is 0 Å². The van der Waals surface area contributed by atoms with E-state index in [4.69, 9.17) is 9.47 Å². The van der Waals surface area contributed by atoms with Gasteiger partial charge in [0.25, 0.3) is 0 Å². The minimum absolute atomic E-state index is 0.338. The van der Waals surface area contributed by atoms with E-state index in [-0.39, 0.29) is 0 Å². The Hall–Kier alpha value is -0.600. The van der Waals surface area contributed by atoms with Crippen LogP contribution in [0.1, 0.15) is 6.92 Å². The van der Waals surface area contributed by atoms with Crippen LogP contribution in [0, 0.1) is 0 Å². The molecule has 0 bridgehead atoms. The Morgan fingerprint density at radius 2 is 2.30 bits per heavy atom. The molecule has 0 fully saturated rings. The minimum atomic E-state index is 0.338. The van der Waals surface area contributed by atoms with Gasteiger partial charge in [0.05, 0.1) is 6.61 Å². The fraction of sp³-hybridized carbons (Fsp3) is 0.500. The van der Waals surface area contributed by atoms with E-state index in [1.165, 1.54) is 0 Å². The first-order valence-electron chi connectivity index (χ1n) is 3.19. The van der Waals surface area contributed by atoms with Crippen molar-refractivity contribution in [3.8, 4) is 0 Å². The Labute approximate surface area is 62.1 Å². The average molecular weight is 142 g/mol. The number of hydrogen-bond donors (Lipinski definition) is 0. The van der Waals surface area contributed by atoms with Crippen LogP contribution in [0.3, 0.4) is 0 Å². The fourth-order valence-corrected chi connectivity index (χ4v) is 0.503. The van der Waals surface area contributed by atoms with Crippen molar-refractivity contribution in [3.05, 3.63) is 24.3 Å². The largest absolute Gasteiger partial charge is 0.359 e. The average Bonchev–Trinajstić information content (AvgIpc) is 1.99. The Kier molecular flexibility index (Phi) is 6.13. The summed E-state index contributed by atoms with van der Waals surface area (Å²) in [5.74, 6) is 0. The van der Waals surface area contributed by atoms with Crippen LogP contribution in [0.15, 0.2) is 24.3 Å². The topological polar surface area (TPSA) is 18.5 Å². The molecule has 0 saturated heterocycles. The van der Waals surface area contributed by atoms with E-state index in [1.54, 1.807) is 13.2 Å². The zero-order valence-corrected chi connectivity index (χ0v) is 6.59. The molecule has 0 aliphatic rings. The molecule has 0 aromatic carbocycles. The van der Waals surface area contributed by atoms with Crippen LogP contribution < -0.4 is 0 Å². The van der Waals surface area contributed by atoms with Gasteiger partial charge in [-0.15, -0.1) is 0 Å². The van der Waals surface area contributed by atoms with Gasteiger partial charge < -0.3 is 9.47 Å². The van der Waals surface area contributed by atoms with E-state index < -0.39 is 0 Å². The molecule has 0 spiro atoms. The highest BCUT2D eigenvalue weighted by molar-refractivity contribution is 5.15. The third-order valence-corrected chi connectivity index (χ3v) is 1.10. The molecule has 0 atom stereocenters.